The Balaban J connectivity index is 1.25. The molecule has 6 nitrogen and oxygen atoms in total. The predicted octanol–water partition coefficient (Wildman–Crippen LogP) is 6.49. The maximum Gasteiger partial charge on any atom is 0.0596 e. The number of hydrogen-bond acceptors (Lipinski definition) is 8. The zero-order valence-electron chi connectivity index (χ0n) is 25.6. The maximum atomic E-state index is 5.65. The number of nitrogens with zero attached hydrogens (tertiary/aromatic N) is 5. The number of rotatable bonds is 8. The number of anilines is 1. The molecular weight excluding hydrogens is 535 g/mol. The van der Waals surface area contributed by atoms with Gasteiger partial charge < -0.3 is 14.5 Å². The van der Waals surface area contributed by atoms with Crippen LogP contribution in [0, 0.1) is 11.3 Å². The van der Waals surface area contributed by atoms with Gasteiger partial charge in [-0.05, 0) is 112 Å². The van der Waals surface area contributed by atoms with E-state index in [0.29, 0.717) is 11.5 Å². The van der Waals surface area contributed by atoms with Crippen molar-refractivity contribution in [3.8, 4) is 0 Å². The lowest BCUT2D eigenvalue weighted by atomic mass is 9.89. The van der Waals surface area contributed by atoms with Crippen LogP contribution in [-0.2, 0) is 4.74 Å². The molecule has 2 saturated heterocycles. The third-order valence-electron chi connectivity index (χ3n) is 9.54. The van der Waals surface area contributed by atoms with Gasteiger partial charge in [-0.2, -0.15) is 0 Å². The minimum atomic E-state index is 0.448. The fourth-order valence-corrected chi connectivity index (χ4v) is 9.19. The van der Waals surface area contributed by atoms with E-state index in [1.54, 1.807) is 0 Å². The second-order valence-electron chi connectivity index (χ2n) is 13.2. The number of ether oxygens (including phenoxy) is 1. The van der Waals surface area contributed by atoms with Gasteiger partial charge in [-0.1, -0.05) is 19.3 Å². The lowest BCUT2D eigenvalue weighted by molar-refractivity contribution is 0.0615. The molecule has 2 aliphatic heterocycles. The van der Waals surface area contributed by atoms with E-state index in [0.717, 1.165) is 31.8 Å². The van der Waals surface area contributed by atoms with Gasteiger partial charge in [0, 0.05) is 89.7 Å². The topological polar surface area (TPSA) is 25.4 Å². The predicted molar refractivity (Wildman–Crippen MR) is 173 cm³/mol. The zero-order valence-corrected chi connectivity index (χ0v) is 27.2. The highest BCUT2D eigenvalue weighted by Crippen LogP contribution is 2.49. The van der Waals surface area contributed by atoms with E-state index in [9.17, 15) is 0 Å². The molecule has 226 valence electrons. The molecule has 2 aliphatic carbocycles. The molecule has 1 aromatic rings. The summed E-state index contributed by atoms with van der Waals surface area (Å²) in [6.07, 6.45) is 15.3. The van der Waals surface area contributed by atoms with Crippen molar-refractivity contribution in [2.24, 2.45) is 11.3 Å². The van der Waals surface area contributed by atoms with E-state index < -0.39 is 0 Å². The molecule has 2 heterocycles. The average Bonchev–Trinajstić information content (AvgIpc) is 3.72. The van der Waals surface area contributed by atoms with E-state index in [2.05, 4.69) is 73.2 Å². The molecule has 0 bridgehead atoms. The Morgan fingerprint density at radius 3 is 2.05 bits per heavy atom. The summed E-state index contributed by atoms with van der Waals surface area (Å²) in [5.41, 5.74) is 1.73. The molecule has 4 fully saturated rings. The molecular formula is C32H55N5OS2. The fraction of sp³-hybridized carbons (Fsp3) is 0.812. The van der Waals surface area contributed by atoms with Crippen LogP contribution in [0.5, 0.6) is 0 Å². The van der Waals surface area contributed by atoms with Gasteiger partial charge in [-0.25, -0.2) is 12.9 Å². The first-order chi connectivity index (χ1) is 19.5. The molecule has 1 spiro atoms. The first kappa shape index (κ1) is 31.0. The summed E-state index contributed by atoms with van der Waals surface area (Å²) in [5.74, 6) is 0.921. The monoisotopic (exact) mass is 589 g/mol. The van der Waals surface area contributed by atoms with Crippen LogP contribution < -0.4 is 4.90 Å². The highest BCUT2D eigenvalue weighted by molar-refractivity contribution is 7.97. The average molecular weight is 590 g/mol. The van der Waals surface area contributed by atoms with Gasteiger partial charge in [-0.15, -0.1) is 0 Å². The minimum absolute atomic E-state index is 0.448. The van der Waals surface area contributed by atoms with E-state index in [1.165, 1.54) is 114 Å². The molecule has 0 unspecified atom stereocenters. The molecule has 0 amide bonds. The quantitative estimate of drug-likeness (QED) is 0.317. The number of piperidine rings is 1. The zero-order chi connectivity index (χ0) is 27.8. The molecule has 5 rings (SSSR count). The normalized spacial score (nSPS) is 25.5. The third-order valence-corrected chi connectivity index (χ3v) is 11.7. The smallest absolute Gasteiger partial charge is 0.0596 e. The van der Waals surface area contributed by atoms with E-state index in [-0.39, 0.29) is 0 Å². The Labute approximate surface area is 253 Å². The molecule has 0 radical (unpaired) electrons. The van der Waals surface area contributed by atoms with Gasteiger partial charge in [-0.3, -0.25) is 0 Å². The van der Waals surface area contributed by atoms with Crippen molar-refractivity contribution in [1.82, 2.24) is 17.8 Å². The number of methoxy groups -OCH3 is 1. The second kappa shape index (κ2) is 15.3. The van der Waals surface area contributed by atoms with Gasteiger partial charge in [0.1, 0.15) is 0 Å². The first-order valence-electron chi connectivity index (χ1n) is 16.1. The van der Waals surface area contributed by atoms with Crippen LogP contribution in [0.15, 0.2) is 29.2 Å². The van der Waals surface area contributed by atoms with Crippen LogP contribution in [0.4, 0.5) is 5.69 Å². The first-order valence-corrected chi connectivity index (χ1v) is 17.6. The van der Waals surface area contributed by atoms with E-state index in [1.807, 2.05) is 19.1 Å². The van der Waals surface area contributed by atoms with Crippen LogP contribution in [0.25, 0.3) is 0 Å². The molecule has 8 heteroatoms. The van der Waals surface area contributed by atoms with Gasteiger partial charge in [0.15, 0.2) is 0 Å². The molecule has 0 N–H and O–H groups in total. The van der Waals surface area contributed by atoms with Gasteiger partial charge in [0.05, 0.1) is 6.10 Å². The summed E-state index contributed by atoms with van der Waals surface area (Å²) in [4.78, 5) is 6.40. The summed E-state index contributed by atoms with van der Waals surface area (Å²) in [6, 6.07) is 9.17. The van der Waals surface area contributed by atoms with Crippen LogP contribution in [0.3, 0.4) is 0 Å². The van der Waals surface area contributed by atoms with Gasteiger partial charge in [0.2, 0.25) is 0 Å². The third kappa shape index (κ3) is 9.51. The lowest BCUT2D eigenvalue weighted by Crippen LogP contribution is -2.41. The summed E-state index contributed by atoms with van der Waals surface area (Å²) in [6.45, 7) is 10.9. The summed E-state index contributed by atoms with van der Waals surface area (Å²) >= 11 is 4.06. The molecule has 1 aromatic carbocycles. The summed E-state index contributed by atoms with van der Waals surface area (Å²) < 4.78 is 13.8. The molecule has 4 aliphatic rings. The molecule has 2 saturated carbocycles. The Hall–Kier alpha value is -0.480. The van der Waals surface area contributed by atoms with Crippen molar-refractivity contribution in [3.63, 3.8) is 0 Å². The SMILES string of the molecule is COC1CCN(SN2CCCN(CC3CCCCC3)CCCN(Sc3ccc(N(C)C)cc3)CC3(CC3)C2)CC1. The molecule has 40 heavy (non-hydrogen) atoms. The van der Waals surface area contributed by atoms with Crippen molar-refractivity contribution >= 4 is 29.8 Å². The lowest BCUT2D eigenvalue weighted by Gasteiger charge is -2.37. The fourth-order valence-electron chi connectivity index (χ4n) is 6.83. The van der Waals surface area contributed by atoms with Crippen LogP contribution >= 0.6 is 24.1 Å². The van der Waals surface area contributed by atoms with Crippen molar-refractivity contribution in [2.45, 2.75) is 81.6 Å². The second-order valence-corrected chi connectivity index (χ2v) is 15.5. The minimum Gasteiger partial charge on any atom is -0.381 e. The van der Waals surface area contributed by atoms with Crippen molar-refractivity contribution in [2.75, 3.05) is 85.0 Å². The Morgan fingerprint density at radius 2 is 1.43 bits per heavy atom. The van der Waals surface area contributed by atoms with Crippen LogP contribution in [-0.4, -0.2) is 104 Å². The summed E-state index contributed by atoms with van der Waals surface area (Å²) in [5, 5.41) is 0. The van der Waals surface area contributed by atoms with E-state index >= 15 is 0 Å². The van der Waals surface area contributed by atoms with Crippen LogP contribution in [0.1, 0.15) is 70.6 Å². The largest absolute Gasteiger partial charge is 0.381 e. The van der Waals surface area contributed by atoms with E-state index in [4.69, 9.17) is 4.74 Å². The number of hydrogen-bond donors (Lipinski definition) is 0. The molecule has 0 atom stereocenters. The maximum absolute atomic E-state index is 5.65. The highest BCUT2D eigenvalue weighted by atomic mass is 32.2. The Morgan fingerprint density at radius 1 is 0.775 bits per heavy atom. The number of benzene rings is 1. The van der Waals surface area contributed by atoms with Crippen molar-refractivity contribution < 1.29 is 4.74 Å². The standard InChI is InChI=1S/C32H55N5OS2/c1-33(2)29-11-13-31(14-12-29)39-36-21-7-19-34(25-28-9-5-4-6-10-28)20-8-22-37(27-32(26-36)17-18-32)40-35-23-15-30(38-3)16-24-35/h11-14,28,30H,4-10,15-27H2,1-3H3. The van der Waals surface area contributed by atoms with Crippen LogP contribution in [0.2, 0.25) is 0 Å². The Kier molecular flexibility index (Phi) is 11.8. The van der Waals surface area contributed by atoms with Gasteiger partial charge >= 0.3 is 0 Å². The highest BCUT2D eigenvalue weighted by Gasteiger charge is 2.46. The summed E-state index contributed by atoms with van der Waals surface area (Å²) in [7, 11) is 6.12. The molecule has 0 aromatic heterocycles. The Bertz CT molecular complexity index is 869. The van der Waals surface area contributed by atoms with Crippen molar-refractivity contribution in [3.05, 3.63) is 24.3 Å². The van der Waals surface area contributed by atoms with Crippen molar-refractivity contribution in [1.29, 1.82) is 0 Å². The van der Waals surface area contributed by atoms with Gasteiger partial charge in [0.25, 0.3) is 0 Å².